The molecule has 2 heterocycles. The summed E-state index contributed by atoms with van der Waals surface area (Å²) in [5.41, 5.74) is 2.41. The highest BCUT2D eigenvalue weighted by Gasteiger charge is 2.45. The summed E-state index contributed by atoms with van der Waals surface area (Å²) in [6.45, 7) is 1.92. The van der Waals surface area contributed by atoms with Crippen LogP contribution in [0.15, 0.2) is 94.6 Å². The van der Waals surface area contributed by atoms with Crippen molar-refractivity contribution in [2.24, 2.45) is 0 Å². The summed E-state index contributed by atoms with van der Waals surface area (Å²) in [4.78, 5) is 28.0. The first-order valence-electron chi connectivity index (χ1n) is 10.1. The van der Waals surface area contributed by atoms with E-state index in [4.69, 9.17) is 4.42 Å². The van der Waals surface area contributed by atoms with Gasteiger partial charge in [-0.05, 0) is 48.9 Å². The molecule has 0 radical (unpaired) electrons. The molecule has 1 aliphatic heterocycles. The number of carbonyl (C=O) groups excluding carboxylic acids is 2. The molecular weight excluding hydrogens is 409 g/mol. The van der Waals surface area contributed by atoms with E-state index >= 15 is 0 Å². The molecular formula is C26H18FNO4. The van der Waals surface area contributed by atoms with Crippen molar-refractivity contribution in [1.82, 2.24) is 0 Å². The summed E-state index contributed by atoms with van der Waals surface area (Å²) in [5.74, 6) is -2.39. The van der Waals surface area contributed by atoms with Crippen LogP contribution in [-0.4, -0.2) is 16.8 Å². The molecule has 0 saturated heterocycles. The third-order valence-corrected chi connectivity index (χ3v) is 5.60. The fraction of sp³-hybridized carbons (Fsp3) is 0.0769. The van der Waals surface area contributed by atoms with Crippen molar-refractivity contribution >= 4 is 28.3 Å². The van der Waals surface area contributed by atoms with Crippen LogP contribution in [0.1, 0.15) is 27.7 Å². The number of benzene rings is 3. The van der Waals surface area contributed by atoms with Gasteiger partial charge in [0.25, 0.3) is 5.91 Å². The number of rotatable bonds is 4. The summed E-state index contributed by atoms with van der Waals surface area (Å²) >= 11 is 0. The van der Waals surface area contributed by atoms with Gasteiger partial charge >= 0.3 is 0 Å². The Hall–Kier alpha value is -4.19. The number of anilines is 1. The van der Waals surface area contributed by atoms with Crippen LogP contribution in [0.25, 0.3) is 11.0 Å². The summed E-state index contributed by atoms with van der Waals surface area (Å²) in [6.07, 6.45) is 0. The molecule has 6 heteroatoms. The molecule has 1 aliphatic rings. The zero-order valence-corrected chi connectivity index (χ0v) is 17.1. The number of furan rings is 1. The lowest BCUT2D eigenvalue weighted by Crippen LogP contribution is -2.31. The van der Waals surface area contributed by atoms with Gasteiger partial charge in [0.2, 0.25) is 5.78 Å². The molecule has 0 saturated carbocycles. The molecule has 0 fully saturated rings. The standard InChI is InChI=1S/C26H18FNO4/c1-15-6-12-19(13-7-15)28-23(16-8-10-18(27)11-9-16)22(25(30)26(28)31)24(29)21-14-17-4-2-3-5-20(17)32-21/h2-14,23,30H,1H3. The Balaban J connectivity index is 1.66. The van der Waals surface area contributed by atoms with Crippen molar-refractivity contribution in [3.05, 3.63) is 113 Å². The van der Waals surface area contributed by atoms with Gasteiger partial charge in [0.05, 0.1) is 11.6 Å². The van der Waals surface area contributed by atoms with Crippen LogP contribution in [0, 0.1) is 12.7 Å². The minimum absolute atomic E-state index is 0.0124. The number of amides is 1. The zero-order chi connectivity index (χ0) is 22.4. The second-order valence-corrected chi connectivity index (χ2v) is 7.70. The zero-order valence-electron chi connectivity index (χ0n) is 17.1. The van der Waals surface area contributed by atoms with Gasteiger partial charge in [-0.2, -0.15) is 0 Å². The monoisotopic (exact) mass is 427 g/mol. The molecule has 158 valence electrons. The van der Waals surface area contributed by atoms with Gasteiger partial charge in [0, 0.05) is 11.1 Å². The maximum Gasteiger partial charge on any atom is 0.294 e. The summed E-state index contributed by atoms with van der Waals surface area (Å²) in [6, 6.07) is 20.5. The van der Waals surface area contributed by atoms with Crippen molar-refractivity contribution in [2.45, 2.75) is 13.0 Å². The first kappa shape index (κ1) is 19.8. The number of aryl methyl sites for hydroxylation is 1. The van der Waals surface area contributed by atoms with Gasteiger partial charge < -0.3 is 9.52 Å². The van der Waals surface area contributed by atoms with Crippen molar-refractivity contribution in [2.75, 3.05) is 4.90 Å². The maximum absolute atomic E-state index is 13.6. The molecule has 1 N–H and O–H groups in total. The Labute approximate surface area is 183 Å². The molecule has 0 spiro atoms. The van der Waals surface area contributed by atoms with Gasteiger partial charge in [-0.1, -0.05) is 48.0 Å². The molecule has 32 heavy (non-hydrogen) atoms. The lowest BCUT2D eigenvalue weighted by molar-refractivity contribution is -0.117. The molecule has 1 amide bonds. The van der Waals surface area contributed by atoms with Crippen molar-refractivity contribution in [3.8, 4) is 0 Å². The molecule has 1 atom stereocenters. The highest BCUT2D eigenvalue weighted by atomic mass is 19.1. The fourth-order valence-corrected chi connectivity index (χ4v) is 4.00. The van der Waals surface area contributed by atoms with E-state index < -0.39 is 29.3 Å². The van der Waals surface area contributed by atoms with Gasteiger partial charge in [-0.3, -0.25) is 14.5 Å². The van der Waals surface area contributed by atoms with E-state index in [1.807, 2.05) is 25.1 Å². The number of halogens is 1. The van der Waals surface area contributed by atoms with E-state index in [0.29, 0.717) is 16.8 Å². The largest absolute Gasteiger partial charge is 0.503 e. The fourth-order valence-electron chi connectivity index (χ4n) is 4.00. The predicted octanol–water partition coefficient (Wildman–Crippen LogP) is 5.66. The van der Waals surface area contributed by atoms with Gasteiger partial charge in [0.15, 0.2) is 11.5 Å². The topological polar surface area (TPSA) is 70.8 Å². The van der Waals surface area contributed by atoms with E-state index in [1.165, 1.54) is 29.2 Å². The number of aliphatic hydroxyl groups excluding tert-OH is 1. The van der Waals surface area contributed by atoms with Crippen LogP contribution in [0.2, 0.25) is 0 Å². The molecule has 5 nitrogen and oxygen atoms in total. The van der Waals surface area contributed by atoms with E-state index in [1.54, 1.807) is 36.4 Å². The molecule has 3 aromatic carbocycles. The number of Topliss-reactive ketones (excluding diaryl/α,β-unsaturated/α-hetero) is 1. The first-order chi connectivity index (χ1) is 15.4. The Morgan fingerprint density at radius 3 is 2.38 bits per heavy atom. The average molecular weight is 427 g/mol. The van der Waals surface area contributed by atoms with Crippen LogP contribution < -0.4 is 4.90 Å². The van der Waals surface area contributed by atoms with Crippen LogP contribution >= 0.6 is 0 Å². The van der Waals surface area contributed by atoms with Crippen LogP contribution in [0.4, 0.5) is 10.1 Å². The summed E-state index contributed by atoms with van der Waals surface area (Å²) in [7, 11) is 0. The van der Waals surface area contributed by atoms with E-state index in [2.05, 4.69) is 0 Å². The average Bonchev–Trinajstić information content (AvgIpc) is 3.34. The Morgan fingerprint density at radius 1 is 1.00 bits per heavy atom. The Bertz CT molecular complexity index is 1350. The second-order valence-electron chi connectivity index (χ2n) is 7.70. The van der Waals surface area contributed by atoms with E-state index in [0.717, 1.165) is 10.9 Å². The minimum Gasteiger partial charge on any atom is -0.503 e. The normalized spacial score (nSPS) is 16.2. The van der Waals surface area contributed by atoms with E-state index in [9.17, 15) is 19.1 Å². The number of hydrogen-bond acceptors (Lipinski definition) is 4. The van der Waals surface area contributed by atoms with Crippen LogP contribution in [0.3, 0.4) is 0 Å². The molecule has 0 bridgehead atoms. The molecule has 4 aromatic rings. The first-order valence-corrected chi connectivity index (χ1v) is 10.1. The Kier molecular flexibility index (Phi) is 4.63. The van der Waals surface area contributed by atoms with Gasteiger partial charge in [0.1, 0.15) is 11.4 Å². The highest BCUT2D eigenvalue weighted by molar-refractivity contribution is 6.20. The summed E-state index contributed by atoms with van der Waals surface area (Å²) < 4.78 is 19.3. The SMILES string of the molecule is Cc1ccc(N2C(=O)C(O)=C(C(=O)c3cc4ccccc4o3)C2c2ccc(F)cc2)cc1. The van der Waals surface area contributed by atoms with Gasteiger partial charge in [-0.25, -0.2) is 4.39 Å². The summed E-state index contributed by atoms with van der Waals surface area (Å²) in [5, 5.41) is 11.5. The number of hydrogen-bond donors (Lipinski definition) is 1. The number of carbonyl (C=O) groups is 2. The maximum atomic E-state index is 13.6. The predicted molar refractivity (Wildman–Crippen MR) is 118 cm³/mol. The van der Waals surface area contributed by atoms with Gasteiger partial charge in [-0.15, -0.1) is 0 Å². The highest BCUT2D eigenvalue weighted by Crippen LogP contribution is 2.42. The number of ketones is 1. The van der Waals surface area contributed by atoms with Crippen molar-refractivity contribution in [3.63, 3.8) is 0 Å². The number of aliphatic hydroxyl groups is 1. The van der Waals surface area contributed by atoms with E-state index in [-0.39, 0.29) is 11.3 Å². The smallest absolute Gasteiger partial charge is 0.294 e. The second kappa shape index (κ2) is 7.50. The lowest BCUT2D eigenvalue weighted by atomic mass is 9.94. The molecule has 5 rings (SSSR count). The van der Waals surface area contributed by atoms with Crippen LogP contribution in [-0.2, 0) is 4.79 Å². The number of nitrogens with zero attached hydrogens (tertiary/aromatic N) is 1. The molecule has 0 aliphatic carbocycles. The molecule has 1 unspecified atom stereocenters. The lowest BCUT2D eigenvalue weighted by Gasteiger charge is -2.27. The third kappa shape index (κ3) is 3.17. The molecule has 1 aromatic heterocycles. The van der Waals surface area contributed by atoms with Crippen LogP contribution in [0.5, 0.6) is 0 Å². The quantitative estimate of drug-likeness (QED) is 0.427. The Morgan fingerprint density at radius 2 is 1.69 bits per heavy atom. The minimum atomic E-state index is -0.938. The van der Waals surface area contributed by atoms with Crippen molar-refractivity contribution < 1.29 is 23.5 Å². The number of para-hydroxylation sites is 1. The number of fused-ring (bicyclic) bond motifs is 1. The van der Waals surface area contributed by atoms with Crippen molar-refractivity contribution in [1.29, 1.82) is 0 Å². The third-order valence-electron chi connectivity index (χ3n) is 5.60.